The van der Waals surface area contributed by atoms with Gasteiger partial charge in [0.1, 0.15) is 0 Å². The molecule has 0 heterocycles. The van der Waals surface area contributed by atoms with Crippen LogP contribution < -0.4 is 0 Å². The molecule has 0 saturated heterocycles. The van der Waals surface area contributed by atoms with Gasteiger partial charge in [0.05, 0.1) is 0 Å². The Kier molecular flexibility index (Phi) is 13.7. The molecule has 0 N–H and O–H groups in total. The topological polar surface area (TPSA) is 0 Å². The number of unbranched alkanes of at least 4 members (excludes halogenated alkanes) is 2. The Hall–Kier alpha value is 0.214. The molecule has 12 heteroatoms. The first-order valence-corrected chi connectivity index (χ1v) is 44.1. The van der Waals surface area contributed by atoms with Gasteiger partial charge in [0, 0.05) is 0 Å². The molecule has 4 aromatic carbocycles. The van der Waals surface area contributed by atoms with E-state index in [9.17, 15) is 0 Å². The average Bonchev–Trinajstić information content (AvgIpc) is 3.63. The third-order valence-electron chi connectivity index (χ3n) is 11.1. The first-order chi connectivity index (χ1) is 24.6. The summed E-state index contributed by atoms with van der Waals surface area (Å²) in [6.45, 7) is 4.53. The van der Waals surface area contributed by atoms with Gasteiger partial charge in [-0.2, -0.15) is 0 Å². The van der Waals surface area contributed by atoms with E-state index in [1.165, 1.54) is 55.7 Å². The van der Waals surface area contributed by atoms with Gasteiger partial charge >= 0.3 is 353 Å². The number of allylic oxidation sites excluding steroid dienone is 2. The van der Waals surface area contributed by atoms with Crippen molar-refractivity contribution in [1.82, 2.24) is 0 Å². The fourth-order valence-electron chi connectivity index (χ4n) is 9.07. The Morgan fingerprint density at radius 2 is 0.904 bits per heavy atom. The Morgan fingerprint density at radius 3 is 1.27 bits per heavy atom. The molecule has 2 aliphatic rings. The zero-order valence-electron chi connectivity index (χ0n) is 29.3. The second kappa shape index (κ2) is 17.0. The van der Waals surface area contributed by atoms with Crippen LogP contribution in [0.1, 0.15) is 69.0 Å². The molecule has 275 valence electrons. The third kappa shape index (κ3) is 9.00. The van der Waals surface area contributed by atoms with Crippen molar-refractivity contribution in [2.75, 3.05) is 0 Å². The van der Waals surface area contributed by atoms with E-state index in [0.29, 0.717) is 12.1 Å². The molecule has 6 rings (SSSR count). The quantitative estimate of drug-likeness (QED) is 0.0633. The van der Waals surface area contributed by atoms with Crippen molar-refractivity contribution in [3.05, 3.63) is 130 Å². The van der Waals surface area contributed by atoms with Crippen molar-refractivity contribution in [3.8, 4) is 22.3 Å². The predicted molar refractivity (Wildman–Crippen MR) is 240 cm³/mol. The van der Waals surface area contributed by atoms with Crippen LogP contribution in [0.15, 0.2) is 108 Å². The van der Waals surface area contributed by atoms with Crippen LogP contribution in [-0.4, -0.2) is 17.9 Å². The van der Waals surface area contributed by atoms with Gasteiger partial charge in [-0.1, -0.05) is 0 Å². The van der Waals surface area contributed by atoms with Crippen LogP contribution in [0.25, 0.3) is 34.4 Å². The van der Waals surface area contributed by atoms with Crippen molar-refractivity contribution in [2.24, 2.45) is 0 Å². The fraction of sp³-hybridized carbons (Fsp3) is 0.300. The summed E-state index contributed by atoms with van der Waals surface area (Å²) < 4.78 is -0.0743. The molecule has 2 aliphatic carbocycles. The Balaban J connectivity index is 1.54. The molecule has 0 spiro atoms. The molecule has 0 bridgehead atoms. The van der Waals surface area contributed by atoms with E-state index in [1.807, 2.05) is 0 Å². The molecule has 0 nitrogen and oxygen atoms in total. The van der Waals surface area contributed by atoms with E-state index >= 15 is 0 Å². The first-order valence-electron chi connectivity index (χ1n) is 18.0. The molecule has 0 radical (unpaired) electrons. The van der Waals surface area contributed by atoms with E-state index in [1.54, 1.807) is 0 Å². The number of halogens is 8. The van der Waals surface area contributed by atoms with Crippen molar-refractivity contribution in [3.63, 3.8) is 0 Å². The molecule has 0 aromatic heterocycles. The van der Waals surface area contributed by atoms with Gasteiger partial charge in [-0.25, -0.2) is 0 Å². The van der Waals surface area contributed by atoms with Gasteiger partial charge in [0.2, 0.25) is 0 Å². The van der Waals surface area contributed by atoms with Crippen LogP contribution in [-0.2, 0) is 15.6 Å². The van der Waals surface area contributed by atoms with Crippen LogP contribution in [0, 0.1) is 0 Å². The van der Waals surface area contributed by atoms with Gasteiger partial charge in [0.15, 0.2) is 0 Å². The van der Waals surface area contributed by atoms with E-state index in [0.717, 1.165) is 37.8 Å². The molecule has 2 atom stereocenters. The first kappa shape index (κ1) is 41.8. The summed E-state index contributed by atoms with van der Waals surface area (Å²) in [6.07, 6.45) is 8.36. The minimum absolute atomic E-state index is 0.0372. The molecular formula is C40H43Cl8Si3Zr. The summed E-state index contributed by atoms with van der Waals surface area (Å²) in [6, 6.07) is 32.4. The van der Waals surface area contributed by atoms with Crippen molar-refractivity contribution < 1.29 is 15.6 Å². The molecule has 0 amide bonds. The maximum absolute atomic E-state index is 8.97. The standard InChI is InChI=1S/2C16H13.C8H17Cl6Si3.2ClH.Zr/c2*1-12-10-14-8-5-9-15(16(14)11-12)13-6-3-2-4-7-13;9-16(10,11)7-3-1-5-15-6-2-4-8-17(12,13)14;;;/h2*2-11H,1H3;15H,1-8H2;2*1H;/q;;;;;+2/p-2. The van der Waals surface area contributed by atoms with Crippen LogP contribution in [0.4, 0.5) is 0 Å². The predicted octanol–water partition coefficient (Wildman–Crippen LogP) is 16.2. The summed E-state index contributed by atoms with van der Waals surface area (Å²) in [5.74, 6) is -2.00. The van der Waals surface area contributed by atoms with Gasteiger partial charge in [-0.05, 0) is 0 Å². The molecule has 0 saturated carbocycles. The SMILES string of the molecule is CC1=Cc2c(-c3ccccc3)cccc2[CH]1[Zr]([Cl])([Cl])([CH]1C(C)=Cc2c(-c3ccccc3)cccc21)[SiH](CCCC[Si](Cl)(Cl)Cl)CCCC[Si](Cl)(Cl)Cl. The molecule has 4 aromatic rings. The second-order valence-corrected chi connectivity index (χ2v) is 73.4. The zero-order valence-corrected chi connectivity index (χ0v) is 41.0. The summed E-state index contributed by atoms with van der Waals surface area (Å²) in [4.78, 5) is 0. The average molecular weight is 983 g/mol. The Labute approximate surface area is 348 Å². The fourth-order valence-corrected chi connectivity index (χ4v) is 64.3. The van der Waals surface area contributed by atoms with E-state index in [-0.39, 0.29) is 7.25 Å². The van der Waals surface area contributed by atoms with E-state index in [4.69, 9.17) is 83.5 Å². The second-order valence-electron chi connectivity index (χ2n) is 14.6. The molecular weight excluding hydrogens is 940 g/mol. The normalized spacial score (nSPS) is 18.1. The third-order valence-corrected chi connectivity index (χ3v) is 65.2. The number of hydrogen-bond donors (Lipinski definition) is 0. The minimum atomic E-state index is -5.19. The summed E-state index contributed by atoms with van der Waals surface area (Å²) in [7, 11) is 17.9. The number of hydrogen-bond acceptors (Lipinski definition) is 0. The van der Waals surface area contributed by atoms with Crippen LogP contribution in [0.5, 0.6) is 0 Å². The van der Waals surface area contributed by atoms with Gasteiger partial charge in [-0.3, -0.25) is 0 Å². The van der Waals surface area contributed by atoms with Crippen LogP contribution >= 0.6 is 83.5 Å². The van der Waals surface area contributed by atoms with Gasteiger partial charge in [-0.15, -0.1) is 0 Å². The van der Waals surface area contributed by atoms with Crippen LogP contribution in [0.3, 0.4) is 0 Å². The van der Waals surface area contributed by atoms with Gasteiger partial charge < -0.3 is 0 Å². The molecule has 2 unspecified atom stereocenters. The Bertz CT molecular complexity index is 1820. The van der Waals surface area contributed by atoms with E-state index < -0.39 is 33.5 Å². The number of benzene rings is 4. The maximum atomic E-state index is 8.97. The Morgan fingerprint density at radius 1 is 0.519 bits per heavy atom. The molecule has 52 heavy (non-hydrogen) atoms. The summed E-state index contributed by atoms with van der Waals surface area (Å²) in [5, 5.41) is 0. The van der Waals surface area contributed by atoms with Crippen molar-refractivity contribution in [1.29, 1.82) is 0 Å². The summed E-state index contributed by atoms with van der Waals surface area (Å²) >= 11 is 33.2. The zero-order chi connectivity index (χ0) is 37.3. The number of fused-ring (bicyclic) bond motifs is 2. The molecule has 0 fully saturated rings. The van der Waals surface area contributed by atoms with Gasteiger partial charge in [0.25, 0.3) is 0 Å². The van der Waals surface area contributed by atoms with Crippen molar-refractivity contribution >= 4 is 114 Å². The van der Waals surface area contributed by atoms with Crippen LogP contribution in [0.2, 0.25) is 24.2 Å². The molecule has 0 aliphatic heterocycles. The monoisotopic (exact) mass is 977 g/mol. The van der Waals surface area contributed by atoms with E-state index in [2.05, 4.69) is 123 Å². The number of rotatable bonds is 15. The summed E-state index contributed by atoms with van der Waals surface area (Å²) in [5.41, 5.74) is 12.4. The van der Waals surface area contributed by atoms with Crippen molar-refractivity contribution in [2.45, 2.75) is 71.0 Å².